The molecule has 0 spiro atoms. The van der Waals surface area contributed by atoms with E-state index in [0.29, 0.717) is 19.6 Å². The lowest BCUT2D eigenvalue weighted by molar-refractivity contribution is 0.257. The SMILES string of the molecule is N#COCc1cccc(CN=C=O)c1.NCc1cccc(CN)c1. The number of hydrogen-bond acceptors (Lipinski definition) is 6. The first kappa shape index (κ1) is 19.1. The molecule has 2 rings (SSSR count). The van der Waals surface area contributed by atoms with Gasteiger partial charge in [-0.3, -0.25) is 0 Å². The Kier molecular flexibility index (Phi) is 9.20. The molecule has 4 N–H and O–H groups in total. The molecule has 0 amide bonds. The van der Waals surface area contributed by atoms with Crippen LogP contribution in [0.3, 0.4) is 0 Å². The van der Waals surface area contributed by atoms with Gasteiger partial charge in [-0.25, -0.2) is 9.79 Å². The predicted octanol–water partition coefficient (Wildman–Crippen LogP) is 2.12. The zero-order chi connectivity index (χ0) is 17.6. The molecule has 6 nitrogen and oxygen atoms in total. The lowest BCUT2D eigenvalue weighted by Crippen LogP contribution is -2.00. The number of nitrogens with zero attached hydrogens (tertiary/aromatic N) is 2. The number of ether oxygens (including phenoxy) is 1. The molecular weight excluding hydrogens is 304 g/mol. The zero-order valence-corrected chi connectivity index (χ0v) is 13.3. The van der Waals surface area contributed by atoms with E-state index < -0.39 is 0 Å². The van der Waals surface area contributed by atoms with E-state index in [-0.39, 0.29) is 6.61 Å². The minimum atomic E-state index is 0.245. The summed E-state index contributed by atoms with van der Waals surface area (Å²) in [5.41, 5.74) is 14.9. The Morgan fingerprint density at radius 1 is 0.958 bits per heavy atom. The van der Waals surface area contributed by atoms with Crippen LogP contribution < -0.4 is 11.5 Å². The van der Waals surface area contributed by atoms with Gasteiger partial charge in [-0.15, -0.1) is 0 Å². The molecule has 0 bridgehead atoms. The van der Waals surface area contributed by atoms with E-state index in [0.717, 1.165) is 22.3 Å². The Balaban J connectivity index is 0.000000254. The molecule has 0 fully saturated rings. The highest BCUT2D eigenvalue weighted by Gasteiger charge is 1.95. The Labute approximate surface area is 141 Å². The first-order chi connectivity index (χ1) is 11.7. The maximum Gasteiger partial charge on any atom is 0.286 e. The van der Waals surface area contributed by atoms with Gasteiger partial charge in [0.2, 0.25) is 6.08 Å². The van der Waals surface area contributed by atoms with Crippen LogP contribution >= 0.6 is 0 Å². The maximum absolute atomic E-state index is 9.88. The van der Waals surface area contributed by atoms with Gasteiger partial charge in [0.1, 0.15) is 6.61 Å². The third kappa shape index (κ3) is 7.34. The highest BCUT2D eigenvalue weighted by molar-refractivity contribution is 5.34. The van der Waals surface area contributed by atoms with Crippen molar-refractivity contribution in [3.8, 4) is 6.26 Å². The molecule has 2 aromatic rings. The Bertz CT molecular complexity index is 700. The van der Waals surface area contributed by atoms with E-state index in [1.807, 2.05) is 48.5 Å². The van der Waals surface area contributed by atoms with E-state index in [9.17, 15) is 4.79 Å². The standard InChI is InChI=1S/C10H8N2O2.C8H12N2/c11-7-14-6-10-3-1-2-9(4-10)5-12-8-13;9-5-7-2-1-3-8(4-7)6-10/h1-4H,5-6H2;1-4H,5-6,9-10H2. The Morgan fingerprint density at radius 2 is 1.50 bits per heavy atom. The van der Waals surface area contributed by atoms with Gasteiger partial charge in [-0.05, 0) is 22.3 Å². The smallest absolute Gasteiger partial charge is 0.286 e. The molecule has 0 saturated heterocycles. The van der Waals surface area contributed by atoms with Crippen molar-refractivity contribution in [1.82, 2.24) is 0 Å². The van der Waals surface area contributed by atoms with Gasteiger partial charge in [0.25, 0.3) is 6.26 Å². The number of benzene rings is 2. The molecule has 0 aromatic heterocycles. The second-order valence-electron chi connectivity index (χ2n) is 4.84. The number of isocyanates is 1. The normalized spacial score (nSPS) is 9.04. The second kappa shape index (κ2) is 11.6. The Morgan fingerprint density at radius 3 is 2.04 bits per heavy atom. The van der Waals surface area contributed by atoms with E-state index in [1.165, 1.54) is 6.08 Å². The van der Waals surface area contributed by atoms with Crippen LogP contribution in [0.4, 0.5) is 0 Å². The number of carbonyl (C=O) groups excluding carboxylic acids is 1. The zero-order valence-electron chi connectivity index (χ0n) is 13.3. The second-order valence-corrected chi connectivity index (χ2v) is 4.84. The molecule has 0 aliphatic heterocycles. The summed E-state index contributed by atoms with van der Waals surface area (Å²) in [6.07, 6.45) is 3.06. The molecule has 0 radical (unpaired) electrons. The van der Waals surface area contributed by atoms with Crippen LogP contribution in [0.1, 0.15) is 22.3 Å². The van der Waals surface area contributed by atoms with Gasteiger partial charge >= 0.3 is 0 Å². The van der Waals surface area contributed by atoms with Crippen LogP contribution in [0, 0.1) is 11.5 Å². The van der Waals surface area contributed by atoms with Crippen LogP contribution in [0.15, 0.2) is 53.5 Å². The fourth-order valence-electron chi connectivity index (χ4n) is 1.94. The van der Waals surface area contributed by atoms with Crippen molar-refractivity contribution >= 4 is 6.08 Å². The summed E-state index contributed by atoms with van der Waals surface area (Å²) >= 11 is 0. The average Bonchev–Trinajstić information content (AvgIpc) is 2.65. The van der Waals surface area contributed by atoms with Gasteiger partial charge in [-0.2, -0.15) is 5.26 Å². The number of aliphatic imine (C=N–C) groups is 1. The van der Waals surface area contributed by atoms with E-state index in [4.69, 9.17) is 16.7 Å². The first-order valence-corrected chi connectivity index (χ1v) is 7.33. The lowest BCUT2D eigenvalue weighted by atomic mass is 10.1. The Hall–Kier alpha value is -2.97. The molecule has 0 aliphatic carbocycles. The van der Waals surface area contributed by atoms with Crippen LogP contribution in [0.2, 0.25) is 0 Å². The summed E-state index contributed by atoms with van der Waals surface area (Å²) in [7, 11) is 0. The number of nitrogens with two attached hydrogens (primary N) is 2. The van der Waals surface area contributed by atoms with Gasteiger partial charge in [0.05, 0.1) is 6.54 Å². The summed E-state index contributed by atoms with van der Waals surface area (Å²) in [4.78, 5) is 13.3. The van der Waals surface area contributed by atoms with Gasteiger partial charge in [-0.1, -0.05) is 48.5 Å². The van der Waals surface area contributed by atoms with E-state index in [2.05, 4.69) is 9.73 Å². The first-order valence-electron chi connectivity index (χ1n) is 7.33. The van der Waals surface area contributed by atoms with Gasteiger partial charge in [0, 0.05) is 13.1 Å². The van der Waals surface area contributed by atoms with Crippen molar-refractivity contribution in [3.05, 3.63) is 70.8 Å². The molecule has 0 aliphatic rings. The molecule has 0 saturated carbocycles. The molecule has 0 atom stereocenters. The van der Waals surface area contributed by atoms with Crippen molar-refractivity contribution in [2.24, 2.45) is 16.5 Å². The van der Waals surface area contributed by atoms with Crippen LogP contribution in [0.25, 0.3) is 0 Å². The highest BCUT2D eigenvalue weighted by Crippen LogP contribution is 2.07. The van der Waals surface area contributed by atoms with Crippen LogP contribution in [-0.4, -0.2) is 6.08 Å². The monoisotopic (exact) mass is 324 g/mol. The third-order valence-electron chi connectivity index (χ3n) is 3.08. The summed E-state index contributed by atoms with van der Waals surface area (Å²) in [6.45, 7) is 1.74. The average molecular weight is 324 g/mol. The number of nitriles is 1. The molecule has 0 unspecified atom stereocenters. The lowest BCUT2D eigenvalue weighted by Gasteiger charge is -2.00. The quantitative estimate of drug-likeness (QED) is 0.480. The minimum Gasteiger partial charge on any atom is -0.423 e. The number of rotatable bonds is 6. The van der Waals surface area contributed by atoms with Gasteiger partial charge in [0.15, 0.2) is 0 Å². The largest absolute Gasteiger partial charge is 0.423 e. The summed E-state index contributed by atoms with van der Waals surface area (Å²) < 4.78 is 4.58. The molecule has 2 aromatic carbocycles. The topological polar surface area (TPSA) is 114 Å². The third-order valence-corrected chi connectivity index (χ3v) is 3.08. The fraction of sp³-hybridized carbons (Fsp3) is 0.222. The van der Waals surface area contributed by atoms with Crippen LogP contribution in [0.5, 0.6) is 0 Å². The van der Waals surface area contributed by atoms with E-state index >= 15 is 0 Å². The summed E-state index contributed by atoms with van der Waals surface area (Å²) in [6, 6.07) is 15.3. The fourth-order valence-corrected chi connectivity index (χ4v) is 1.94. The van der Waals surface area contributed by atoms with Crippen molar-refractivity contribution in [2.75, 3.05) is 0 Å². The van der Waals surface area contributed by atoms with E-state index in [1.54, 1.807) is 6.26 Å². The summed E-state index contributed by atoms with van der Waals surface area (Å²) in [5, 5.41) is 8.20. The van der Waals surface area contributed by atoms with Crippen molar-refractivity contribution in [1.29, 1.82) is 5.26 Å². The minimum absolute atomic E-state index is 0.245. The van der Waals surface area contributed by atoms with Crippen molar-refractivity contribution < 1.29 is 9.53 Å². The highest BCUT2D eigenvalue weighted by atomic mass is 16.5. The number of hydrogen-bond donors (Lipinski definition) is 2. The molecule has 6 heteroatoms. The molecule has 24 heavy (non-hydrogen) atoms. The van der Waals surface area contributed by atoms with Crippen molar-refractivity contribution in [3.63, 3.8) is 0 Å². The van der Waals surface area contributed by atoms with Crippen LogP contribution in [-0.2, 0) is 35.8 Å². The maximum atomic E-state index is 9.88. The molecular formula is C18H20N4O2. The molecule has 0 heterocycles. The molecule has 124 valence electrons. The predicted molar refractivity (Wildman–Crippen MR) is 90.9 cm³/mol. The van der Waals surface area contributed by atoms with Crippen molar-refractivity contribution in [2.45, 2.75) is 26.2 Å². The summed E-state index contributed by atoms with van der Waals surface area (Å²) in [5.74, 6) is 0. The van der Waals surface area contributed by atoms with Gasteiger partial charge < -0.3 is 16.2 Å².